The molecule has 0 aliphatic rings. The fourth-order valence-corrected chi connectivity index (χ4v) is 5.05. The standard InChI is InChI=1S/C29H25ClFN3O4S/c1-21-2-16-28(17-3-21)39(36,37)34(26-12-10-25(31)11-13-26)19-29(35)33-32-18-22-6-14-27(15-7-22)38-20-23-4-8-24(30)9-5-23/h2-18H,19-20H2,1H3,(H,33,35)/b32-18-. The highest BCUT2D eigenvalue weighted by molar-refractivity contribution is 7.92. The Labute approximate surface area is 231 Å². The van der Waals surface area contributed by atoms with Crippen LogP contribution >= 0.6 is 11.6 Å². The summed E-state index contributed by atoms with van der Waals surface area (Å²) >= 11 is 5.89. The molecule has 0 saturated heterocycles. The summed E-state index contributed by atoms with van der Waals surface area (Å²) in [6.45, 7) is 1.66. The highest BCUT2D eigenvalue weighted by atomic mass is 35.5. The van der Waals surface area contributed by atoms with E-state index in [1.165, 1.54) is 30.5 Å². The van der Waals surface area contributed by atoms with Gasteiger partial charge in [0.15, 0.2) is 0 Å². The zero-order chi connectivity index (χ0) is 27.8. The van der Waals surface area contributed by atoms with Crippen molar-refractivity contribution >= 4 is 39.4 Å². The van der Waals surface area contributed by atoms with Crippen molar-refractivity contribution in [3.8, 4) is 5.75 Å². The maximum Gasteiger partial charge on any atom is 0.264 e. The fourth-order valence-electron chi connectivity index (χ4n) is 3.50. The minimum Gasteiger partial charge on any atom is -0.489 e. The maximum absolute atomic E-state index is 13.5. The number of halogens is 2. The summed E-state index contributed by atoms with van der Waals surface area (Å²) in [6.07, 6.45) is 1.43. The van der Waals surface area contributed by atoms with E-state index >= 15 is 0 Å². The molecule has 0 aliphatic heterocycles. The molecule has 1 amide bonds. The van der Waals surface area contributed by atoms with Crippen LogP contribution in [0.3, 0.4) is 0 Å². The van der Waals surface area contributed by atoms with Crippen LogP contribution in [0.2, 0.25) is 5.02 Å². The van der Waals surface area contributed by atoms with Gasteiger partial charge in [-0.05, 0) is 90.8 Å². The second-order valence-electron chi connectivity index (χ2n) is 8.58. The zero-order valence-electron chi connectivity index (χ0n) is 20.9. The van der Waals surface area contributed by atoms with Crippen molar-refractivity contribution in [2.24, 2.45) is 5.10 Å². The van der Waals surface area contributed by atoms with Gasteiger partial charge in [0.25, 0.3) is 15.9 Å². The van der Waals surface area contributed by atoms with Gasteiger partial charge in [0.2, 0.25) is 0 Å². The first-order valence-electron chi connectivity index (χ1n) is 11.8. The average Bonchev–Trinajstić information content (AvgIpc) is 2.93. The molecule has 0 bridgehead atoms. The lowest BCUT2D eigenvalue weighted by atomic mass is 10.2. The summed E-state index contributed by atoms with van der Waals surface area (Å²) in [4.78, 5) is 12.7. The number of nitrogens with one attached hydrogen (secondary N) is 1. The van der Waals surface area contributed by atoms with Crippen molar-refractivity contribution in [1.29, 1.82) is 0 Å². The third-order valence-corrected chi connectivity index (χ3v) is 7.65. The summed E-state index contributed by atoms with van der Waals surface area (Å²) in [7, 11) is -4.11. The lowest BCUT2D eigenvalue weighted by Crippen LogP contribution is -2.39. The van der Waals surface area contributed by atoms with E-state index in [9.17, 15) is 17.6 Å². The lowest BCUT2D eigenvalue weighted by Gasteiger charge is -2.23. The Morgan fingerprint density at radius 1 is 0.949 bits per heavy atom. The molecule has 0 unspecified atom stereocenters. The van der Waals surface area contributed by atoms with Gasteiger partial charge in [-0.2, -0.15) is 5.10 Å². The third kappa shape index (κ3) is 7.66. The fraction of sp³-hybridized carbons (Fsp3) is 0.103. The number of hydrazone groups is 1. The molecule has 0 fully saturated rings. The number of ether oxygens (including phenoxy) is 1. The highest BCUT2D eigenvalue weighted by Crippen LogP contribution is 2.24. The molecule has 39 heavy (non-hydrogen) atoms. The van der Waals surface area contributed by atoms with Crippen molar-refractivity contribution in [2.75, 3.05) is 10.8 Å². The Morgan fingerprint density at radius 3 is 2.23 bits per heavy atom. The van der Waals surface area contributed by atoms with Crippen LogP contribution in [-0.4, -0.2) is 27.1 Å². The highest BCUT2D eigenvalue weighted by Gasteiger charge is 2.27. The minimum atomic E-state index is -4.11. The zero-order valence-corrected chi connectivity index (χ0v) is 22.5. The number of rotatable bonds is 10. The van der Waals surface area contributed by atoms with Gasteiger partial charge in [-0.15, -0.1) is 0 Å². The van der Waals surface area contributed by atoms with E-state index in [0.29, 0.717) is 22.9 Å². The Balaban J connectivity index is 1.39. The van der Waals surface area contributed by atoms with Crippen molar-refractivity contribution in [1.82, 2.24) is 5.43 Å². The van der Waals surface area contributed by atoms with Crippen molar-refractivity contribution in [3.63, 3.8) is 0 Å². The van der Waals surface area contributed by atoms with E-state index in [-0.39, 0.29) is 10.6 Å². The van der Waals surface area contributed by atoms with Crippen molar-refractivity contribution < 1.29 is 22.3 Å². The van der Waals surface area contributed by atoms with Crippen molar-refractivity contribution in [2.45, 2.75) is 18.4 Å². The molecule has 0 atom stereocenters. The molecule has 1 N–H and O–H groups in total. The van der Waals surface area contributed by atoms with E-state index in [2.05, 4.69) is 10.5 Å². The van der Waals surface area contributed by atoms with Crippen molar-refractivity contribution in [3.05, 3.63) is 125 Å². The van der Waals surface area contributed by atoms with Crippen LogP contribution in [0.15, 0.2) is 107 Å². The molecule has 4 aromatic carbocycles. The predicted octanol–water partition coefficient (Wildman–Crippen LogP) is 5.71. The molecule has 200 valence electrons. The molecule has 0 radical (unpaired) electrons. The number of carbonyl (C=O) groups excluding carboxylic acids is 1. The first-order chi connectivity index (χ1) is 18.7. The van der Waals surface area contributed by atoms with Gasteiger partial charge in [0, 0.05) is 5.02 Å². The quantitative estimate of drug-likeness (QED) is 0.197. The normalized spacial score (nSPS) is 11.4. The van der Waals surface area contributed by atoms with E-state index in [1.54, 1.807) is 48.5 Å². The Bertz CT molecular complexity index is 1540. The number of amides is 1. The van der Waals surface area contributed by atoms with Crippen LogP contribution in [0.4, 0.5) is 10.1 Å². The summed E-state index contributed by atoms with van der Waals surface area (Å²) in [5.74, 6) is -0.543. The Morgan fingerprint density at radius 2 is 1.59 bits per heavy atom. The first-order valence-corrected chi connectivity index (χ1v) is 13.7. The third-order valence-electron chi connectivity index (χ3n) is 5.61. The molecule has 0 aliphatic carbocycles. The second kappa shape index (κ2) is 12.6. The van der Waals surface area contributed by atoms with E-state index in [0.717, 1.165) is 27.6 Å². The summed E-state index contributed by atoms with van der Waals surface area (Å²) < 4.78 is 46.8. The van der Waals surface area contributed by atoms with Gasteiger partial charge in [0.05, 0.1) is 16.8 Å². The molecular weight excluding hydrogens is 541 g/mol. The monoisotopic (exact) mass is 565 g/mol. The van der Waals surface area contributed by atoms with Gasteiger partial charge in [0.1, 0.15) is 24.7 Å². The minimum absolute atomic E-state index is 0.00657. The molecule has 0 heterocycles. The Kier molecular flexibility index (Phi) is 8.96. The van der Waals surface area contributed by atoms with Crippen LogP contribution in [0.1, 0.15) is 16.7 Å². The summed E-state index contributed by atoms with van der Waals surface area (Å²) in [6, 6.07) is 25.5. The number of aryl methyl sites for hydroxylation is 1. The van der Waals surface area contributed by atoms with Crippen LogP contribution in [0, 0.1) is 12.7 Å². The van der Waals surface area contributed by atoms with Gasteiger partial charge < -0.3 is 4.74 Å². The number of hydrogen-bond acceptors (Lipinski definition) is 5. The first kappa shape index (κ1) is 27.8. The molecule has 4 rings (SSSR count). The topological polar surface area (TPSA) is 88.1 Å². The average molecular weight is 566 g/mol. The van der Waals surface area contributed by atoms with Crippen LogP contribution in [-0.2, 0) is 21.4 Å². The van der Waals surface area contributed by atoms with Crippen LogP contribution in [0.5, 0.6) is 5.75 Å². The number of nitrogens with zero attached hydrogens (tertiary/aromatic N) is 2. The van der Waals surface area contributed by atoms with Crippen LogP contribution in [0.25, 0.3) is 0 Å². The SMILES string of the molecule is Cc1ccc(S(=O)(=O)N(CC(=O)N/N=C\c2ccc(OCc3ccc(Cl)cc3)cc2)c2ccc(F)cc2)cc1. The maximum atomic E-state index is 13.5. The number of benzene rings is 4. The molecule has 7 nitrogen and oxygen atoms in total. The molecule has 0 spiro atoms. The number of sulfonamides is 1. The number of hydrogen-bond donors (Lipinski definition) is 1. The molecule has 10 heteroatoms. The molecule has 4 aromatic rings. The van der Waals surface area contributed by atoms with Gasteiger partial charge in [-0.1, -0.05) is 41.4 Å². The summed E-state index contributed by atoms with van der Waals surface area (Å²) in [5, 5.41) is 4.60. The molecule has 0 aromatic heterocycles. The van der Waals surface area contributed by atoms with E-state index in [1.807, 2.05) is 19.1 Å². The lowest BCUT2D eigenvalue weighted by molar-refractivity contribution is -0.119. The van der Waals surface area contributed by atoms with Gasteiger partial charge >= 0.3 is 0 Å². The Hall–Kier alpha value is -4.21. The second-order valence-corrected chi connectivity index (χ2v) is 10.9. The number of carbonyl (C=O) groups is 1. The molecule has 0 saturated carbocycles. The smallest absolute Gasteiger partial charge is 0.264 e. The predicted molar refractivity (Wildman–Crippen MR) is 150 cm³/mol. The van der Waals surface area contributed by atoms with Gasteiger partial charge in [-0.25, -0.2) is 18.2 Å². The van der Waals surface area contributed by atoms with Gasteiger partial charge in [-0.3, -0.25) is 9.10 Å². The van der Waals surface area contributed by atoms with Crippen LogP contribution < -0.4 is 14.5 Å². The largest absolute Gasteiger partial charge is 0.489 e. The summed E-state index contributed by atoms with van der Waals surface area (Å²) in [5.41, 5.74) is 5.05. The number of anilines is 1. The van der Waals surface area contributed by atoms with E-state index < -0.39 is 28.3 Å². The van der Waals surface area contributed by atoms with E-state index in [4.69, 9.17) is 16.3 Å². The molecular formula is C29H25ClFN3O4S.